The van der Waals surface area contributed by atoms with Gasteiger partial charge in [-0.25, -0.2) is 13.6 Å². The minimum absolute atomic E-state index is 0.0998. The van der Waals surface area contributed by atoms with Gasteiger partial charge in [0, 0.05) is 5.56 Å². The second-order valence-corrected chi connectivity index (χ2v) is 6.90. The second kappa shape index (κ2) is 5.55. The van der Waals surface area contributed by atoms with Crippen molar-refractivity contribution in [2.75, 3.05) is 0 Å². The highest BCUT2D eigenvalue weighted by atomic mass is 32.2. The molecular formula is C16H16N2O3S. The molecule has 0 aromatic heterocycles. The molecule has 3 rings (SSSR count). The van der Waals surface area contributed by atoms with Gasteiger partial charge in [-0.3, -0.25) is 4.79 Å². The number of hydrogen-bond donors (Lipinski definition) is 2. The van der Waals surface area contributed by atoms with Crippen LogP contribution in [0.5, 0.6) is 0 Å². The summed E-state index contributed by atoms with van der Waals surface area (Å²) in [4.78, 5) is 12.3. The number of carbonyl (C=O) groups is 1. The minimum atomic E-state index is -3.70. The number of carbonyl (C=O) groups excluding carboxylic acids is 1. The van der Waals surface area contributed by atoms with Crippen molar-refractivity contribution >= 4 is 15.9 Å². The van der Waals surface area contributed by atoms with Crippen molar-refractivity contribution in [3.8, 4) is 0 Å². The highest BCUT2D eigenvalue weighted by molar-refractivity contribution is 7.89. The molecule has 0 heterocycles. The molecular weight excluding hydrogens is 300 g/mol. The fraction of sp³-hybridized carbons (Fsp3) is 0.188. The van der Waals surface area contributed by atoms with E-state index in [1.165, 1.54) is 6.07 Å². The van der Waals surface area contributed by atoms with E-state index >= 15 is 0 Å². The lowest BCUT2D eigenvalue weighted by molar-refractivity contribution is 0.0936. The molecule has 1 aliphatic rings. The van der Waals surface area contributed by atoms with Crippen molar-refractivity contribution in [2.24, 2.45) is 5.14 Å². The summed E-state index contributed by atoms with van der Waals surface area (Å²) < 4.78 is 22.8. The molecule has 0 fully saturated rings. The van der Waals surface area contributed by atoms with Crippen molar-refractivity contribution in [3.05, 3.63) is 65.2 Å². The fourth-order valence-corrected chi connectivity index (χ4v) is 3.32. The maximum Gasteiger partial charge on any atom is 0.251 e. The molecule has 0 saturated heterocycles. The van der Waals surface area contributed by atoms with Gasteiger partial charge in [0.05, 0.1) is 10.9 Å². The van der Waals surface area contributed by atoms with E-state index in [4.69, 9.17) is 5.14 Å². The first-order valence-corrected chi connectivity index (χ1v) is 8.51. The van der Waals surface area contributed by atoms with Crippen LogP contribution >= 0.6 is 0 Å². The van der Waals surface area contributed by atoms with Crippen molar-refractivity contribution in [3.63, 3.8) is 0 Å². The van der Waals surface area contributed by atoms with E-state index < -0.39 is 10.0 Å². The number of rotatable bonds is 3. The van der Waals surface area contributed by atoms with Crippen LogP contribution in [-0.2, 0) is 16.4 Å². The molecule has 1 amide bonds. The van der Waals surface area contributed by atoms with Crippen molar-refractivity contribution in [2.45, 2.75) is 23.8 Å². The molecule has 2 aromatic carbocycles. The molecule has 0 spiro atoms. The molecule has 5 nitrogen and oxygen atoms in total. The normalized spacial score (nSPS) is 17.0. The van der Waals surface area contributed by atoms with E-state index in [2.05, 4.69) is 5.32 Å². The molecule has 2 aromatic rings. The lowest BCUT2D eigenvalue weighted by Gasteiger charge is -2.14. The molecule has 0 radical (unpaired) electrons. The maximum atomic E-state index is 12.2. The Labute approximate surface area is 129 Å². The lowest BCUT2D eigenvalue weighted by Crippen LogP contribution is -2.27. The summed E-state index contributed by atoms with van der Waals surface area (Å²) in [5, 5.41) is 8.13. The van der Waals surface area contributed by atoms with E-state index in [1.807, 2.05) is 18.2 Å². The molecule has 1 aliphatic carbocycles. The smallest absolute Gasteiger partial charge is 0.251 e. The molecule has 1 unspecified atom stereocenters. The zero-order chi connectivity index (χ0) is 15.7. The van der Waals surface area contributed by atoms with Crippen LogP contribution < -0.4 is 10.5 Å². The largest absolute Gasteiger partial charge is 0.345 e. The predicted molar refractivity (Wildman–Crippen MR) is 82.8 cm³/mol. The first-order chi connectivity index (χ1) is 10.4. The number of hydrogen-bond acceptors (Lipinski definition) is 3. The quantitative estimate of drug-likeness (QED) is 0.904. The van der Waals surface area contributed by atoms with Gasteiger partial charge in [0.2, 0.25) is 10.0 Å². The van der Waals surface area contributed by atoms with Gasteiger partial charge in [-0.15, -0.1) is 0 Å². The number of benzene rings is 2. The van der Waals surface area contributed by atoms with Crippen LogP contribution in [0, 0.1) is 0 Å². The summed E-state index contributed by atoms with van der Waals surface area (Å²) in [5.41, 5.74) is 2.48. The number of aryl methyl sites for hydroxylation is 1. The third kappa shape index (κ3) is 2.88. The van der Waals surface area contributed by atoms with Crippen LogP contribution in [0.3, 0.4) is 0 Å². The fourth-order valence-electron chi connectivity index (χ4n) is 2.75. The average Bonchev–Trinajstić information content (AvgIpc) is 2.89. The van der Waals surface area contributed by atoms with Gasteiger partial charge in [0.15, 0.2) is 0 Å². The highest BCUT2D eigenvalue weighted by Gasteiger charge is 2.25. The summed E-state index contributed by atoms with van der Waals surface area (Å²) in [6, 6.07) is 13.7. The van der Waals surface area contributed by atoms with E-state index in [-0.39, 0.29) is 16.8 Å². The molecule has 3 N–H and O–H groups in total. The van der Waals surface area contributed by atoms with E-state index in [1.54, 1.807) is 24.3 Å². The van der Waals surface area contributed by atoms with Crippen molar-refractivity contribution in [1.29, 1.82) is 0 Å². The Morgan fingerprint density at radius 1 is 1.14 bits per heavy atom. The summed E-state index contributed by atoms with van der Waals surface area (Å²) in [7, 11) is -3.70. The van der Waals surface area contributed by atoms with Gasteiger partial charge in [-0.05, 0) is 48.2 Å². The topological polar surface area (TPSA) is 89.3 Å². The van der Waals surface area contributed by atoms with Crippen LogP contribution in [-0.4, -0.2) is 14.3 Å². The molecule has 0 saturated carbocycles. The minimum Gasteiger partial charge on any atom is -0.345 e. The van der Waals surface area contributed by atoms with Crippen LogP contribution in [0.2, 0.25) is 0 Å². The highest BCUT2D eigenvalue weighted by Crippen LogP contribution is 2.32. The van der Waals surface area contributed by atoms with E-state index in [0.717, 1.165) is 24.0 Å². The lowest BCUT2D eigenvalue weighted by atomic mass is 10.1. The zero-order valence-corrected chi connectivity index (χ0v) is 12.6. The van der Waals surface area contributed by atoms with Gasteiger partial charge in [0.25, 0.3) is 5.91 Å². The van der Waals surface area contributed by atoms with Crippen molar-refractivity contribution in [1.82, 2.24) is 5.32 Å². The van der Waals surface area contributed by atoms with Gasteiger partial charge in [-0.1, -0.05) is 24.3 Å². The number of fused-ring (bicyclic) bond motifs is 1. The van der Waals surface area contributed by atoms with Gasteiger partial charge < -0.3 is 5.32 Å². The van der Waals surface area contributed by atoms with E-state index in [0.29, 0.717) is 5.56 Å². The first-order valence-electron chi connectivity index (χ1n) is 6.97. The Morgan fingerprint density at radius 3 is 2.55 bits per heavy atom. The number of sulfonamides is 1. The predicted octanol–water partition coefficient (Wildman–Crippen LogP) is 1.75. The van der Waals surface area contributed by atoms with Crippen molar-refractivity contribution < 1.29 is 13.2 Å². The Bertz CT molecular complexity index is 817. The number of nitrogens with one attached hydrogen (secondary N) is 1. The molecule has 1 atom stereocenters. The average molecular weight is 316 g/mol. The summed E-state index contributed by atoms with van der Waals surface area (Å²) in [6.07, 6.45) is 1.47. The molecule has 0 bridgehead atoms. The monoisotopic (exact) mass is 316 g/mol. The van der Waals surface area contributed by atoms with Gasteiger partial charge >= 0.3 is 0 Å². The molecule has 114 valence electrons. The Kier molecular flexibility index (Phi) is 3.72. The number of nitrogens with two attached hydrogens (primary N) is 1. The maximum absolute atomic E-state index is 12.2. The SMILES string of the molecule is NS(=O)(=O)c1ccc2c(c1)CCC2NC(=O)c1ccccc1. The van der Waals surface area contributed by atoms with Gasteiger partial charge in [-0.2, -0.15) is 0 Å². The number of primary sulfonamides is 1. The summed E-state index contributed by atoms with van der Waals surface area (Å²) in [6.45, 7) is 0. The standard InChI is InChI=1S/C16H16N2O3S/c17-22(20,21)13-7-8-14-12(10-13)6-9-15(14)18-16(19)11-4-2-1-3-5-11/h1-5,7-8,10,15H,6,9H2,(H,18,19)(H2,17,20,21). The Hall–Kier alpha value is -2.18. The molecule has 6 heteroatoms. The molecule has 22 heavy (non-hydrogen) atoms. The van der Waals surface area contributed by atoms with Crippen LogP contribution in [0.1, 0.15) is 33.9 Å². The van der Waals surface area contributed by atoms with Crippen LogP contribution in [0.25, 0.3) is 0 Å². The first kappa shape index (κ1) is 14.7. The third-order valence-corrected chi connectivity index (χ3v) is 4.77. The third-order valence-electron chi connectivity index (χ3n) is 3.86. The van der Waals surface area contributed by atoms with Crippen LogP contribution in [0.15, 0.2) is 53.4 Å². The van der Waals surface area contributed by atoms with Gasteiger partial charge in [0.1, 0.15) is 0 Å². The van der Waals surface area contributed by atoms with E-state index in [9.17, 15) is 13.2 Å². The summed E-state index contributed by atoms with van der Waals surface area (Å²) in [5.74, 6) is -0.131. The summed E-state index contributed by atoms with van der Waals surface area (Å²) >= 11 is 0. The Morgan fingerprint density at radius 2 is 1.86 bits per heavy atom. The van der Waals surface area contributed by atoms with Crippen LogP contribution in [0.4, 0.5) is 0 Å². The molecule has 0 aliphatic heterocycles. The zero-order valence-electron chi connectivity index (χ0n) is 11.8. The number of amides is 1. The Balaban J connectivity index is 1.82. The second-order valence-electron chi connectivity index (χ2n) is 5.34.